The largest absolute Gasteiger partial charge is 0.384 e. The van der Waals surface area contributed by atoms with E-state index in [4.69, 9.17) is 5.73 Å². The molecule has 1 aromatic heterocycles. The fraction of sp³-hybridized carbons (Fsp3) is 0.250. The smallest absolute Gasteiger partial charge is 0.245 e. The molecule has 3 heterocycles. The molecule has 7 nitrogen and oxygen atoms in total. The summed E-state index contributed by atoms with van der Waals surface area (Å²) in [5.74, 6) is -1.39. The maximum atomic E-state index is 14.4. The monoisotopic (exact) mass is 429 g/mol. The SMILES string of the molecule is CC1(C)CC(=O)C2=C(C1)N(c1cccnc1)C(N)=C(C#N)C21C(=O)Nc2ccc(F)cc21. The van der Waals surface area contributed by atoms with Crippen molar-refractivity contribution in [2.75, 3.05) is 10.2 Å². The zero-order valence-corrected chi connectivity index (χ0v) is 17.6. The molecule has 0 saturated carbocycles. The first kappa shape index (κ1) is 19.9. The maximum Gasteiger partial charge on any atom is 0.245 e. The van der Waals surface area contributed by atoms with Crippen molar-refractivity contribution in [1.82, 2.24) is 4.98 Å². The van der Waals surface area contributed by atoms with Crippen molar-refractivity contribution in [3.63, 3.8) is 0 Å². The summed E-state index contributed by atoms with van der Waals surface area (Å²) in [6.45, 7) is 3.93. The summed E-state index contributed by atoms with van der Waals surface area (Å²) in [5.41, 5.74) is 6.12. The number of nitrogens with zero attached hydrogens (tertiary/aromatic N) is 3. The van der Waals surface area contributed by atoms with Gasteiger partial charge in [0.05, 0.1) is 17.5 Å². The van der Waals surface area contributed by atoms with E-state index in [0.29, 0.717) is 23.5 Å². The normalized spacial score (nSPS) is 23.8. The minimum absolute atomic E-state index is 0.0250. The molecule has 1 unspecified atom stereocenters. The molecule has 8 heteroatoms. The Kier molecular flexibility index (Phi) is 4.05. The number of carbonyl (C=O) groups is 2. The highest BCUT2D eigenvalue weighted by Gasteiger charge is 2.61. The van der Waals surface area contributed by atoms with Gasteiger partial charge in [-0.1, -0.05) is 13.8 Å². The predicted octanol–water partition coefficient (Wildman–Crippen LogP) is 3.27. The van der Waals surface area contributed by atoms with Crippen molar-refractivity contribution in [2.24, 2.45) is 11.1 Å². The van der Waals surface area contributed by atoms with Crippen molar-refractivity contribution >= 4 is 23.1 Å². The lowest BCUT2D eigenvalue weighted by atomic mass is 9.60. The van der Waals surface area contributed by atoms with Crippen molar-refractivity contribution in [3.8, 4) is 6.07 Å². The molecular formula is C24H20FN5O2. The van der Waals surface area contributed by atoms with E-state index in [9.17, 15) is 19.2 Å². The average Bonchev–Trinajstić information content (AvgIpc) is 3.00. The Morgan fingerprint density at radius 1 is 1.25 bits per heavy atom. The third kappa shape index (κ3) is 2.48. The summed E-state index contributed by atoms with van der Waals surface area (Å²) in [7, 11) is 0. The molecule has 0 radical (unpaired) electrons. The molecule has 2 aromatic rings. The second kappa shape index (κ2) is 6.50. The number of amides is 1. The van der Waals surface area contributed by atoms with Crippen LogP contribution in [-0.2, 0) is 15.0 Å². The summed E-state index contributed by atoms with van der Waals surface area (Å²) in [6, 6.07) is 9.44. The highest BCUT2D eigenvalue weighted by Crippen LogP contribution is 2.57. The molecule has 3 aliphatic rings. The second-order valence-electron chi connectivity index (χ2n) is 9.08. The van der Waals surface area contributed by atoms with Gasteiger partial charge in [-0.2, -0.15) is 5.26 Å². The fourth-order valence-corrected chi connectivity index (χ4v) is 5.17. The van der Waals surface area contributed by atoms with Crippen LogP contribution in [0.15, 0.2) is 65.4 Å². The molecule has 1 aromatic carbocycles. The number of anilines is 2. The van der Waals surface area contributed by atoms with E-state index in [1.54, 1.807) is 29.4 Å². The number of aromatic nitrogens is 1. The van der Waals surface area contributed by atoms with E-state index in [0.717, 1.165) is 0 Å². The topological polar surface area (TPSA) is 112 Å². The van der Waals surface area contributed by atoms with Gasteiger partial charge in [0, 0.05) is 35.1 Å². The molecule has 1 spiro atoms. The lowest BCUT2D eigenvalue weighted by Crippen LogP contribution is -2.52. The van der Waals surface area contributed by atoms with Crippen molar-refractivity contribution in [1.29, 1.82) is 5.26 Å². The number of hydrogen-bond donors (Lipinski definition) is 2. The first-order valence-corrected chi connectivity index (χ1v) is 10.2. The number of nitrogens with one attached hydrogen (secondary N) is 1. The fourth-order valence-electron chi connectivity index (χ4n) is 5.17. The molecule has 2 aliphatic heterocycles. The van der Waals surface area contributed by atoms with Gasteiger partial charge in [-0.3, -0.25) is 19.5 Å². The van der Waals surface area contributed by atoms with E-state index in [1.807, 2.05) is 13.8 Å². The number of carbonyl (C=O) groups excluding carboxylic acids is 2. The number of ketones is 1. The molecular weight excluding hydrogens is 409 g/mol. The Hall–Kier alpha value is -3.99. The predicted molar refractivity (Wildman–Crippen MR) is 115 cm³/mol. The maximum absolute atomic E-state index is 14.4. The van der Waals surface area contributed by atoms with E-state index in [2.05, 4.69) is 16.4 Å². The quantitative estimate of drug-likeness (QED) is 0.720. The van der Waals surface area contributed by atoms with Crippen molar-refractivity contribution in [2.45, 2.75) is 32.1 Å². The zero-order chi connectivity index (χ0) is 22.8. The number of halogens is 1. The van der Waals surface area contributed by atoms with Crippen LogP contribution in [-0.4, -0.2) is 16.7 Å². The lowest BCUT2D eigenvalue weighted by Gasteiger charge is -2.46. The Morgan fingerprint density at radius 2 is 2.03 bits per heavy atom. The van der Waals surface area contributed by atoms with Crippen molar-refractivity contribution in [3.05, 3.63) is 76.8 Å². The zero-order valence-electron chi connectivity index (χ0n) is 17.6. The molecule has 1 atom stereocenters. The summed E-state index contributed by atoms with van der Waals surface area (Å²) < 4.78 is 14.4. The van der Waals surface area contributed by atoms with Gasteiger partial charge in [-0.25, -0.2) is 4.39 Å². The van der Waals surface area contributed by atoms with Gasteiger partial charge in [0.15, 0.2) is 5.78 Å². The first-order chi connectivity index (χ1) is 15.2. The lowest BCUT2D eigenvalue weighted by molar-refractivity contribution is -0.123. The number of hydrogen-bond acceptors (Lipinski definition) is 6. The molecule has 3 N–H and O–H groups in total. The first-order valence-electron chi connectivity index (χ1n) is 10.2. The Balaban J connectivity index is 1.92. The number of benzene rings is 1. The van der Waals surface area contributed by atoms with Crippen LogP contribution in [0.1, 0.15) is 32.3 Å². The van der Waals surface area contributed by atoms with Crippen LogP contribution in [0.4, 0.5) is 15.8 Å². The van der Waals surface area contributed by atoms with E-state index >= 15 is 0 Å². The van der Waals surface area contributed by atoms with Crippen LogP contribution in [0.25, 0.3) is 0 Å². The summed E-state index contributed by atoms with van der Waals surface area (Å²) in [5, 5.41) is 12.9. The highest BCUT2D eigenvalue weighted by molar-refractivity contribution is 6.20. The summed E-state index contributed by atoms with van der Waals surface area (Å²) in [4.78, 5) is 33.0. The van der Waals surface area contributed by atoms with Crippen LogP contribution >= 0.6 is 0 Å². The Labute approximate surface area is 184 Å². The van der Waals surface area contributed by atoms with Gasteiger partial charge in [0.25, 0.3) is 0 Å². The third-order valence-electron chi connectivity index (χ3n) is 6.36. The number of nitriles is 1. The van der Waals surface area contributed by atoms with Gasteiger partial charge >= 0.3 is 0 Å². The number of fused-ring (bicyclic) bond motifs is 3. The van der Waals surface area contributed by atoms with E-state index in [1.165, 1.54) is 18.2 Å². The third-order valence-corrected chi connectivity index (χ3v) is 6.36. The minimum atomic E-state index is -1.79. The van der Waals surface area contributed by atoms with E-state index < -0.39 is 22.6 Å². The minimum Gasteiger partial charge on any atom is -0.384 e. The summed E-state index contributed by atoms with van der Waals surface area (Å²) >= 11 is 0. The number of rotatable bonds is 1. The number of Topliss-reactive ketones (excluding diaryl/α,β-unsaturated/α-hetero) is 1. The van der Waals surface area contributed by atoms with Crippen LogP contribution in [0.5, 0.6) is 0 Å². The van der Waals surface area contributed by atoms with Gasteiger partial charge in [0.1, 0.15) is 23.1 Å². The molecule has 1 amide bonds. The van der Waals surface area contributed by atoms with Gasteiger partial charge in [-0.15, -0.1) is 0 Å². The number of allylic oxidation sites excluding steroid dienone is 1. The van der Waals surface area contributed by atoms with Crippen LogP contribution in [0.2, 0.25) is 0 Å². The highest BCUT2D eigenvalue weighted by atomic mass is 19.1. The Morgan fingerprint density at radius 3 is 2.72 bits per heavy atom. The molecule has 5 rings (SSSR count). The molecule has 0 saturated heterocycles. The van der Waals surface area contributed by atoms with Gasteiger partial charge in [-0.05, 0) is 42.2 Å². The Bertz CT molecular complexity index is 1310. The molecule has 0 fully saturated rings. The second-order valence-corrected chi connectivity index (χ2v) is 9.08. The molecule has 0 bridgehead atoms. The molecule has 160 valence electrons. The van der Waals surface area contributed by atoms with E-state index in [-0.39, 0.29) is 34.7 Å². The summed E-state index contributed by atoms with van der Waals surface area (Å²) in [6.07, 6.45) is 3.81. The van der Waals surface area contributed by atoms with Crippen LogP contribution in [0, 0.1) is 22.6 Å². The number of nitrogens with two attached hydrogens (primary N) is 1. The van der Waals surface area contributed by atoms with Crippen LogP contribution < -0.4 is 16.0 Å². The van der Waals surface area contributed by atoms with Crippen molar-refractivity contribution < 1.29 is 14.0 Å². The standard InChI is InChI=1S/C24H20FN5O2/c1-23(2)9-18-20(19(31)10-23)24(15-8-13(25)5-6-17(15)29-22(24)32)16(11-26)21(27)30(18)14-4-3-7-28-12-14/h3-8,12H,9-10,27H2,1-2H3,(H,29,32). The van der Waals surface area contributed by atoms with Crippen LogP contribution in [0.3, 0.4) is 0 Å². The van der Waals surface area contributed by atoms with Gasteiger partial charge in [0.2, 0.25) is 5.91 Å². The average molecular weight is 429 g/mol. The molecule has 1 aliphatic carbocycles. The number of pyridine rings is 1. The molecule has 32 heavy (non-hydrogen) atoms. The van der Waals surface area contributed by atoms with Gasteiger partial charge < -0.3 is 11.1 Å².